The molecule has 1 saturated carbocycles. The second-order valence-electron chi connectivity index (χ2n) is 7.03. The SMILES string of the molecule is O=C(NC1CCNC1)c1cccc(S(=O)(=O)NCC2(CO)CCC2)c1. The Morgan fingerprint density at radius 2 is 2.16 bits per heavy atom. The quantitative estimate of drug-likeness (QED) is 0.551. The predicted octanol–water partition coefficient (Wildman–Crippen LogP) is 0.219. The van der Waals surface area contributed by atoms with E-state index in [1.54, 1.807) is 12.1 Å². The molecule has 1 amide bonds. The van der Waals surface area contributed by atoms with Crippen molar-refractivity contribution in [3.05, 3.63) is 29.8 Å². The maximum Gasteiger partial charge on any atom is 0.251 e. The van der Waals surface area contributed by atoms with Gasteiger partial charge in [-0.25, -0.2) is 13.1 Å². The molecule has 0 aromatic heterocycles. The van der Waals surface area contributed by atoms with Crippen molar-refractivity contribution in [2.24, 2.45) is 5.41 Å². The van der Waals surface area contributed by atoms with E-state index >= 15 is 0 Å². The third kappa shape index (κ3) is 4.20. The molecule has 0 bridgehead atoms. The molecule has 2 fully saturated rings. The number of aliphatic hydroxyl groups is 1. The van der Waals surface area contributed by atoms with Gasteiger partial charge in [-0.15, -0.1) is 0 Å². The van der Waals surface area contributed by atoms with E-state index in [2.05, 4.69) is 15.4 Å². The van der Waals surface area contributed by atoms with E-state index in [9.17, 15) is 18.3 Å². The fourth-order valence-electron chi connectivity index (χ4n) is 3.25. The number of sulfonamides is 1. The summed E-state index contributed by atoms with van der Waals surface area (Å²) >= 11 is 0. The first-order valence-electron chi connectivity index (χ1n) is 8.66. The van der Waals surface area contributed by atoms with Gasteiger partial charge >= 0.3 is 0 Å². The lowest BCUT2D eigenvalue weighted by atomic mass is 9.69. The second kappa shape index (κ2) is 7.41. The fourth-order valence-corrected chi connectivity index (χ4v) is 4.45. The molecule has 1 atom stereocenters. The van der Waals surface area contributed by atoms with Gasteiger partial charge in [-0.05, 0) is 44.0 Å². The van der Waals surface area contributed by atoms with Crippen LogP contribution in [0.25, 0.3) is 0 Å². The molecule has 4 N–H and O–H groups in total. The van der Waals surface area contributed by atoms with Crippen molar-refractivity contribution >= 4 is 15.9 Å². The number of hydrogen-bond acceptors (Lipinski definition) is 5. The van der Waals surface area contributed by atoms with Crippen molar-refractivity contribution < 1.29 is 18.3 Å². The van der Waals surface area contributed by atoms with Crippen molar-refractivity contribution in [1.82, 2.24) is 15.4 Å². The van der Waals surface area contributed by atoms with Crippen LogP contribution in [0.1, 0.15) is 36.0 Å². The first-order valence-corrected chi connectivity index (χ1v) is 10.1. The van der Waals surface area contributed by atoms with E-state index in [4.69, 9.17) is 0 Å². The molecule has 2 aliphatic rings. The van der Waals surface area contributed by atoms with Gasteiger partial charge in [0.15, 0.2) is 0 Å². The number of carbonyl (C=O) groups is 1. The highest BCUT2D eigenvalue weighted by Gasteiger charge is 2.37. The molecule has 138 valence electrons. The van der Waals surface area contributed by atoms with Crippen molar-refractivity contribution in [1.29, 1.82) is 0 Å². The standard InChI is InChI=1S/C17H25N3O4S/c21-12-17(6-2-7-17)11-19-25(23,24)15-4-1-3-13(9-15)16(22)20-14-5-8-18-10-14/h1,3-4,9,14,18-19,21H,2,5-8,10-12H2,(H,20,22). The molecule has 1 aromatic carbocycles. The van der Waals surface area contributed by atoms with Crippen LogP contribution in [0.3, 0.4) is 0 Å². The summed E-state index contributed by atoms with van der Waals surface area (Å²) in [5.74, 6) is -0.267. The smallest absolute Gasteiger partial charge is 0.251 e. The van der Waals surface area contributed by atoms with E-state index in [-0.39, 0.29) is 35.4 Å². The van der Waals surface area contributed by atoms with Crippen molar-refractivity contribution in [2.45, 2.75) is 36.6 Å². The van der Waals surface area contributed by atoms with E-state index in [0.717, 1.165) is 38.8 Å². The molecular formula is C17H25N3O4S. The minimum atomic E-state index is -3.72. The normalized spacial score (nSPS) is 22.4. The van der Waals surface area contributed by atoms with E-state index in [1.807, 2.05) is 0 Å². The minimum Gasteiger partial charge on any atom is -0.396 e. The topological polar surface area (TPSA) is 108 Å². The Kier molecular flexibility index (Phi) is 5.43. The zero-order chi connectivity index (χ0) is 17.9. The van der Waals surface area contributed by atoms with Crippen LogP contribution in [0.5, 0.6) is 0 Å². The monoisotopic (exact) mass is 367 g/mol. The summed E-state index contributed by atoms with van der Waals surface area (Å²) in [5, 5.41) is 15.5. The van der Waals surface area contributed by atoms with Crippen molar-refractivity contribution in [2.75, 3.05) is 26.2 Å². The average molecular weight is 367 g/mol. The maximum atomic E-state index is 12.5. The number of benzene rings is 1. The molecule has 1 heterocycles. The first-order chi connectivity index (χ1) is 11.9. The zero-order valence-electron chi connectivity index (χ0n) is 14.1. The maximum absolute atomic E-state index is 12.5. The van der Waals surface area contributed by atoms with Gasteiger partial charge in [0.25, 0.3) is 5.91 Å². The number of amides is 1. The number of nitrogens with one attached hydrogen (secondary N) is 3. The Labute approximate surface area is 148 Å². The van der Waals surface area contributed by atoms with Gasteiger partial charge in [0.05, 0.1) is 4.90 Å². The van der Waals surface area contributed by atoms with Crippen LogP contribution in [-0.4, -0.2) is 51.7 Å². The summed E-state index contributed by atoms with van der Waals surface area (Å²) in [7, 11) is -3.72. The van der Waals surface area contributed by atoms with E-state index < -0.39 is 10.0 Å². The Balaban J connectivity index is 1.67. The fraction of sp³-hybridized carbons (Fsp3) is 0.588. The Hall–Kier alpha value is -1.48. The van der Waals surface area contributed by atoms with Crippen molar-refractivity contribution in [3.63, 3.8) is 0 Å². The molecule has 0 radical (unpaired) electrons. The molecule has 7 nitrogen and oxygen atoms in total. The summed E-state index contributed by atoms with van der Waals surface area (Å²) < 4.78 is 27.6. The van der Waals surface area contributed by atoms with Crippen molar-refractivity contribution in [3.8, 4) is 0 Å². The van der Waals surface area contributed by atoms with Crippen LogP contribution in [0.4, 0.5) is 0 Å². The molecule has 1 aromatic rings. The van der Waals surface area contributed by atoms with Gasteiger partial charge in [0, 0.05) is 36.7 Å². The Bertz CT molecular complexity index is 720. The van der Waals surface area contributed by atoms with Gasteiger partial charge < -0.3 is 15.7 Å². The summed E-state index contributed by atoms with van der Waals surface area (Å²) in [6.45, 7) is 1.80. The van der Waals surface area contributed by atoms with Gasteiger partial charge in [-0.2, -0.15) is 0 Å². The van der Waals surface area contributed by atoms with Crippen LogP contribution in [0.2, 0.25) is 0 Å². The lowest BCUT2D eigenvalue weighted by Gasteiger charge is -2.40. The van der Waals surface area contributed by atoms with Crippen LogP contribution >= 0.6 is 0 Å². The third-order valence-electron chi connectivity index (χ3n) is 5.19. The van der Waals surface area contributed by atoms with Crippen LogP contribution in [0.15, 0.2) is 29.2 Å². The summed E-state index contributed by atoms with van der Waals surface area (Å²) in [5.41, 5.74) is -0.00681. The molecule has 1 aliphatic carbocycles. The van der Waals surface area contributed by atoms with Crippen LogP contribution in [0, 0.1) is 5.41 Å². The minimum absolute atomic E-state index is 0.0204. The number of hydrogen-bond donors (Lipinski definition) is 4. The molecule has 1 unspecified atom stereocenters. The Morgan fingerprint density at radius 3 is 2.76 bits per heavy atom. The van der Waals surface area contributed by atoms with Crippen LogP contribution < -0.4 is 15.4 Å². The number of rotatable bonds is 7. The summed E-state index contributed by atoms with van der Waals surface area (Å²) in [6, 6.07) is 6.13. The third-order valence-corrected chi connectivity index (χ3v) is 6.59. The molecule has 1 aliphatic heterocycles. The first kappa shape index (κ1) is 18.3. The lowest BCUT2D eigenvalue weighted by Crippen LogP contribution is -2.44. The Morgan fingerprint density at radius 1 is 1.36 bits per heavy atom. The number of carbonyl (C=O) groups excluding carboxylic acids is 1. The predicted molar refractivity (Wildman–Crippen MR) is 93.7 cm³/mol. The van der Waals surface area contributed by atoms with Gasteiger partial charge in [0.1, 0.15) is 0 Å². The van der Waals surface area contributed by atoms with Gasteiger partial charge in [-0.3, -0.25) is 4.79 Å². The molecular weight excluding hydrogens is 342 g/mol. The molecule has 3 rings (SSSR count). The number of aliphatic hydroxyl groups excluding tert-OH is 1. The largest absolute Gasteiger partial charge is 0.396 e. The molecule has 1 saturated heterocycles. The lowest BCUT2D eigenvalue weighted by molar-refractivity contribution is 0.0499. The van der Waals surface area contributed by atoms with Gasteiger partial charge in [0.2, 0.25) is 10.0 Å². The van der Waals surface area contributed by atoms with Crippen LogP contribution in [-0.2, 0) is 10.0 Å². The van der Waals surface area contributed by atoms with E-state index in [0.29, 0.717) is 5.56 Å². The second-order valence-corrected chi connectivity index (χ2v) is 8.79. The molecule has 0 spiro atoms. The molecule has 25 heavy (non-hydrogen) atoms. The molecule has 8 heteroatoms. The highest BCUT2D eigenvalue weighted by atomic mass is 32.2. The van der Waals surface area contributed by atoms with Gasteiger partial charge in [-0.1, -0.05) is 12.5 Å². The average Bonchev–Trinajstić information content (AvgIpc) is 3.07. The zero-order valence-corrected chi connectivity index (χ0v) is 14.9. The summed E-state index contributed by atoms with van der Waals surface area (Å²) in [6.07, 6.45) is 3.52. The summed E-state index contributed by atoms with van der Waals surface area (Å²) in [4.78, 5) is 12.4. The highest BCUT2D eigenvalue weighted by molar-refractivity contribution is 7.89. The highest BCUT2D eigenvalue weighted by Crippen LogP contribution is 2.39. The van der Waals surface area contributed by atoms with E-state index in [1.165, 1.54) is 12.1 Å².